The summed E-state index contributed by atoms with van der Waals surface area (Å²) in [4.78, 5) is 13.5. The van der Waals surface area contributed by atoms with E-state index in [0.717, 1.165) is 6.42 Å². The van der Waals surface area contributed by atoms with Crippen molar-refractivity contribution in [3.8, 4) is 0 Å². The molecular formula is C12H17NO2S. The Balaban J connectivity index is 2.33. The van der Waals surface area contributed by atoms with Crippen molar-refractivity contribution in [1.82, 2.24) is 5.32 Å². The van der Waals surface area contributed by atoms with Gasteiger partial charge in [-0.15, -0.1) is 11.3 Å². The van der Waals surface area contributed by atoms with Crippen LogP contribution in [0.15, 0.2) is 24.4 Å². The van der Waals surface area contributed by atoms with E-state index in [2.05, 4.69) is 36.0 Å². The molecule has 0 radical (unpaired) electrons. The van der Waals surface area contributed by atoms with Gasteiger partial charge in [0.2, 0.25) is 0 Å². The second-order valence-electron chi connectivity index (χ2n) is 3.64. The largest absolute Gasteiger partial charge is 0.466 e. The first kappa shape index (κ1) is 12.8. The summed E-state index contributed by atoms with van der Waals surface area (Å²) in [6.07, 6.45) is 3.98. The van der Waals surface area contributed by atoms with Crippen LogP contribution in [0.1, 0.15) is 16.7 Å². The van der Waals surface area contributed by atoms with Gasteiger partial charge in [-0.3, -0.25) is 0 Å². The number of carbonyl (C=O) groups is 1. The molecule has 0 saturated carbocycles. The fourth-order valence-corrected chi connectivity index (χ4v) is 2.32. The predicted molar refractivity (Wildman–Crippen MR) is 66.5 cm³/mol. The lowest BCUT2D eigenvalue weighted by Gasteiger charge is -2.09. The summed E-state index contributed by atoms with van der Waals surface area (Å²) < 4.78 is 4.49. The fraction of sp³-hybridized carbons (Fsp3) is 0.417. The summed E-state index contributed by atoms with van der Waals surface area (Å²) in [5.74, 6) is -0.341. The average Bonchev–Trinajstić information content (AvgIpc) is 2.63. The van der Waals surface area contributed by atoms with Gasteiger partial charge in [0.1, 0.15) is 0 Å². The zero-order valence-electron chi connectivity index (χ0n) is 9.82. The van der Waals surface area contributed by atoms with E-state index in [1.54, 1.807) is 17.5 Å². The number of carbonyl (C=O) groups excluding carboxylic acids is 1. The van der Waals surface area contributed by atoms with Crippen LogP contribution in [0.25, 0.3) is 0 Å². The number of ether oxygens (including phenoxy) is 1. The molecule has 3 nitrogen and oxygen atoms in total. The van der Waals surface area contributed by atoms with Crippen molar-refractivity contribution in [2.45, 2.75) is 26.3 Å². The molecule has 1 N–H and O–H groups in total. The standard InChI is InChI=1S/C12H17NO2S/c1-9(13-7-6-12(14)15-3)8-11-5-4-10(2)16-11/h4-7,9,13H,8H2,1-3H3/b7-6+. The Hall–Kier alpha value is -1.29. The quantitative estimate of drug-likeness (QED) is 0.632. The Labute approximate surface area is 100 Å². The summed E-state index contributed by atoms with van der Waals surface area (Å²) in [5.41, 5.74) is 0. The highest BCUT2D eigenvalue weighted by Gasteiger charge is 2.03. The third-order valence-electron chi connectivity index (χ3n) is 2.10. The second kappa shape index (κ2) is 6.33. The average molecular weight is 239 g/mol. The maximum absolute atomic E-state index is 10.8. The second-order valence-corrected chi connectivity index (χ2v) is 5.01. The van der Waals surface area contributed by atoms with Crippen molar-refractivity contribution in [2.75, 3.05) is 7.11 Å². The first-order valence-corrected chi connectivity index (χ1v) is 5.99. The molecule has 0 spiro atoms. The van der Waals surface area contributed by atoms with Crippen LogP contribution < -0.4 is 5.32 Å². The van der Waals surface area contributed by atoms with E-state index in [-0.39, 0.29) is 5.97 Å². The number of thiophene rings is 1. The van der Waals surface area contributed by atoms with Crippen molar-refractivity contribution < 1.29 is 9.53 Å². The van der Waals surface area contributed by atoms with Gasteiger partial charge in [0.25, 0.3) is 0 Å². The molecule has 0 saturated heterocycles. The van der Waals surface area contributed by atoms with Crippen LogP contribution in [-0.2, 0) is 16.0 Å². The van der Waals surface area contributed by atoms with E-state index >= 15 is 0 Å². The van der Waals surface area contributed by atoms with Gasteiger partial charge in [0.05, 0.1) is 7.11 Å². The lowest BCUT2D eigenvalue weighted by atomic mass is 10.2. The minimum absolute atomic E-state index is 0.305. The van der Waals surface area contributed by atoms with Gasteiger partial charge >= 0.3 is 5.97 Å². The molecule has 0 aliphatic heterocycles. The van der Waals surface area contributed by atoms with Gasteiger partial charge < -0.3 is 10.1 Å². The van der Waals surface area contributed by atoms with Crippen molar-refractivity contribution >= 4 is 17.3 Å². The number of aryl methyl sites for hydroxylation is 1. The summed E-state index contributed by atoms with van der Waals surface area (Å²) in [5, 5.41) is 3.13. The number of methoxy groups -OCH3 is 1. The van der Waals surface area contributed by atoms with Crippen LogP contribution in [0.5, 0.6) is 0 Å². The minimum atomic E-state index is -0.341. The van der Waals surface area contributed by atoms with Crippen LogP contribution >= 0.6 is 11.3 Å². The minimum Gasteiger partial charge on any atom is -0.466 e. The van der Waals surface area contributed by atoms with E-state index in [1.807, 2.05) is 0 Å². The Morgan fingerprint density at radius 1 is 1.62 bits per heavy atom. The number of hydrogen-bond donors (Lipinski definition) is 1. The topological polar surface area (TPSA) is 38.3 Å². The van der Waals surface area contributed by atoms with E-state index in [9.17, 15) is 4.79 Å². The molecule has 88 valence electrons. The van der Waals surface area contributed by atoms with E-state index < -0.39 is 0 Å². The normalized spacial score (nSPS) is 12.7. The number of esters is 1. The Kier molecular flexibility index (Phi) is 5.05. The lowest BCUT2D eigenvalue weighted by molar-refractivity contribution is -0.134. The molecule has 16 heavy (non-hydrogen) atoms. The molecule has 0 fully saturated rings. The van der Waals surface area contributed by atoms with Crippen LogP contribution in [-0.4, -0.2) is 19.1 Å². The Morgan fingerprint density at radius 2 is 2.38 bits per heavy atom. The molecule has 1 rings (SSSR count). The van der Waals surface area contributed by atoms with Crippen LogP contribution in [0, 0.1) is 6.92 Å². The van der Waals surface area contributed by atoms with Crippen LogP contribution in [0.4, 0.5) is 0 Å². The zero-order chi connectivity index (χ0) is 12.0. The van der Waals surface area contributed by atoms with Crippen molar-refractivity contribution in [3.63, 3.8) is 0 Å². The summed E-state index contributed by atoms with van der Waals surface area (Å²) in [7, 11) is 1.37. The Bertz CT molecular complexity index is 371. The van der Waals surface area contributed by atoms with Gasteiger partial charge in [0, 0.05) is 34.5 Å². The van der Waals surface area contributed by atoms with Gasteiger partial charge in [-0.2, -0.15) is 0 Å². The van der Waals surface area contributed by atoms with Gasteiger partial charge in [-0.05, 0) is 26.0 Å². The summed E-state index contributed by atoms with van der Waals surface area (Å²) in [6, 6.07) is 4.57. The molecule has 1 heterocycles. The van der Waals surface area contributed by atoms with Crippen molar-refractivity contribution in [2.24, 2.45) is 0 Å². The molecule has 0 aliphatic carbocycles. The van der Waals surface area contributed by atoms with Crippen LogP contribution in [0.3, 0.4) is 0 Å². The lowest BCUT2D eigenvalue weighted by Crippen LogP contribution is -2.22. The zero-order valence-corrected chi connectivity index (χ0v) is 10.6. The number of nitrogens with one attached hydrogen (secondary N) is 1. The van der Waals surface area contributed by atoms with Crippen molar-refractivity contribution in [3.05, 3.63) is 34.2 Å². The summed E-state index contributed by atoms with van der Waals surface area (Å²) in [6.45, 7) is 4.18. The van der Waals surface area contributed by atoms with Gasteiger partial charge in [-0.1, -0.05) is 0 Å². The molecule has 0 bridgehead atoms. The maximum Gasteiger partial charge on any atom is 0.331 e. The monoisotopic (exact) mass is 239 g/mol. The third kappa shape index (κ3) is 4.49. The van der Waals surface area contributed by atoms with Crippen molar-refractivity contribution in [1.29, 1.82) is 0 Å². The molecule has 1 unspecified atom stereocenters. The molecule has 0 aliphatic rings. The number of hydrogen-bond acceptors (Lipinski definition) is 4. The fourth-order valence-electron chi connectivity index (χ4n) is 1.30. The molecular weight excluding hydrogens is 222 g/mol. The SMILES string of the molecule is COC(=O)/C=C/NC(C)Cc1ccc(C)s1. The Morgan fingerprint density at radius 3 is 2.94 bits per heavy atom. The molecule has 1 aromatic rings. The highest BCUT2D eigenvalue weighted by Crippen LogP contribution is 2.16. The van der Waals surface area contributed by atoms with E-state index in [4.69, 9.17) is 0 Å². The van der Waals surface area contributed by atoms with E-state index in [0.29, 0.717) is 6.04 Å². The van der Waals surface area contributed by atoms with Gasteiger partial charge in [0.15, 0.2) is 0 Å². The molecule has 1 aromatic heterocycles. The molecule has 1 atom stereocenters. The predicted octanol–water partition coefficient (Wildman–Crippen LogP) is 2.26. The van der Waals surface area contributed by atoms with Gasteiger partial charge in [-0.25, -0.2) is 4.79 Å². The highest BCUT2D eigenvalue weighted by molar-refractivity contribution is 7.11. The molecule has 0 aromatic carbocycles. The highest BCUT2D eigenvalue weighted by atomic mass is 32.1. The molecule has 4 heteroatoms. The first-order chi connectivity index (χ1) is 7.61. The third-order valence-corrected chi connectivity index (χ3v) is 3.13. The first-order valence-electron chi connectivity index (χ1n) is 5.17. The van der Waals surface area contributed by atoms with Crippen LogP contribution in [0.2, 0.25) is 0 Å². The number of rotatable bonds is 5. The smallest absolute Gasteiger partial charge is 0.331 e. The summed E-state index contributed by atoms with van der Waals surface area (Å²) >= 11 is 1.80. The molecule has 0 amide bonds. The van der Waals surface area contributed by atoms with E-state index in [1.165, 1.54) is 22.9 Å². The maximum atomic E-state index is 10.8.